The van der Waals surface area contributed by atoms with Crippen LogP contribution < -0.4 is 10.6 Å². The first-order valence-corrected chi connectivity index (χ1v) is 5.38. The summed E-state index contributed by atoms with van der Waals surface area (Å²) in [5, 5.41) is 5.94. The molecular formula is C13H14N2O2. The van der Waals surface area contributed by atoms with Gasteiger partial charge in [0.15, 0.2) is 0 Å². The van der Waals surface area contributed by atoms with Crippen molar-refractivity contribution in [3.05, 3.63) is 48.4 Å². The van der Waals surface area contributed by atoms with Gasteiger partial charge in [0.05, 0.1) is 12.8 Å². The van der Waals surface area contributed by atoms with E-state index >= 15 is 0 Å². The van der Waals surface area contributed by atoms with Gasteiger partial charge in [0.1, 0.15) is 5.76 Å². The van der Waals surface area contributed by atoms with E-state index in [2.05, 4.69) is 10.6 Å². The minimum atomic E-state index is -0.0682. The third-order valence-corrected chi connectivity index (χ3v) is 2.25. The van der Waals surface area contributed by atoms with Crippen LogP contribution >= 0.6 is 0 Å². The first kappa shape index (κ1) is 11.3. The zero-order chi connectivity index (χ0) is 12.1. The number of nitrogens with one attached hydrogen (secondary N) is 2. The van der Waals surface area contributed by atoms with E-state index < -0.39 is 0 Å². The van der Waals surface area contributed by atoms with Gasteiger partial charge in [-0.3, -0.25) is 4.79 Å². The molecule has 1 aromatic heterocycles. The van der Waals surface area contributed by atoms with Gasteiger partial charge in [0.25, 0.3) is 0 Å². The fourth-order valence-electron chi connectivity index (χ4n) is 1.48. The summed E-state index contributed by atoms with van der Waals surface area (Å²) in [6.45, 7) is 2.13. The van der Waals surface area contributed by atoms with Gasteiger partial charge in [-0.05, 0) is 36.4 Å². The van der Waals surface area contributed by atoms with Crippen molar-refractivity contribution >= 4 is 17.3 Å². The Bertz CT molecular complexity index is 475. The molecule has 0 saturated heterocycles. The van der Waals surface area contributed by atoms with Crippen molar-refractivity contribution in [3.63, 3.8) is 0 Å². The number of anilines is 2. The second-order valence-electron chi connectivity index (χ2n) is 3.69. The van der Waals surface area contributed by atoms with Crippen LogP contribution in [0.4, 0.5) is 11.4 Å². The molecule has 0 atom stereocenters. The van der Waals surface area contributed by atoms with Crippen molar-refractivity contribution in [1.29, 1.82) is 0 Å². The van der Waals surface area contributed by atoms with Crippen LogP contribution in [0.25, 0.3) is 0 Å². The molecule has 0 radical (unpaired) electrons. The van der Waals surface area contributed by atoms with Gasteiger partial charge in [-0.1, -0.05) is 0 Å². The Morgan fingerprint density at radius 2 is 1.88 bits per heavy atom. The Morgan fingerprint density at radius 1 is 1.18 bits per heavy atom. The van der Waals surface area contributed by atoms with Crippen LogP contribution in [0, 0.1) is 0 Å². The lowest BCUT2D eigenvalue weighted by atomic mass is 10.2. The van der Waals surface area contributed by atoms with Crippen LogP contribution in [0.5, 0.6) is 0 Å². The smallest absolute Gasteiger partial charge is 0.221 e. The largest absolute Gasteiger partial charge is 0.467 e. The monoisotopic (exact) mass is 230 g/mol. The van der Waals surface area contributed by atoms with Gasteiger partial charge < -0.3 is 15.1 Å². The maximum atomic E-state index is 10.8. The lowest BCUT2D eigenvalue weighted by molar-refractivity contribution is -0.114. The molecule has 0 bridgehead atoms. The maximum Gasteiger partial charge on any atom is 0.221 e. The molecule has 0 unspecified atom stereocenters. The highest BCUT2D eigenvalue weighted by Gasteiger charge is 1.97. The van der Waals surface area contributed by atoms with Crippen molar-refractivity contribution < 1.29 is 9.21 Å². The highest BCUT2D eigenvalue weighted by molar-refractivity contribution is 5.88. The Balaban J connectivity index is 1.91. The number of amides is 1. The van der Waals surface area contributed by atoms with Crippen LogP contribution in [-0.2, 0) is 11.3 Å². The van der Waals surface area contributed by atoms with Crippen LogP contribution in [0.3, 0.4) is 0 Å². The third kappa shape index (κ3) is 3.38. The molecule has 0 aliphatic carbocycles. The van der Waals surface area contributed by atoms with E-state index in [0.717, 1.165) is 17.1 Å². The summed E-state index contributed by atoms with van der Waals surface area (Å²) in [5.74, 6) is 0.817. The fraction of sp³-hybridized carbons (Fsp3) is 0.154. The third-order valence-electron chi connectivity index (χ3n) is 2.25. The predicted molar refractivity (Wildman–Crippen MR) is 66.8 cm³/mol. The molecule has 17 heavy (non-hydrogen) atoms. The molecule has 0 fully saturated rings. The Morgan fingerprint density at radius 3 is 2.47 bits per heavy atom. The standard InChI is InChI=1S/C13H14N2O2/c1-10(16)15-12-6-4-11(5-7-12)14-9-13-3-2-8-17-13/h2-8,14H,9H2,1H3,(H,15,16). The van der Waals surface area contributed by atoms with Crippen molar-refractivity contribution in [2.24, 2.45) is 0 Å². The molecule has 88 valence electrons. The molecule has 0 aliphatic heterocycles. The first-order valence-electron chi connectivity index (χ1n) is 5.38. The highest BCUT2D eigenvalue weighted by Crippen LogP contribution is 2.14. The molecule has 0 aliphatic rings. The van der Waals surface area contributed by atoms with Gasteiger partial charge in [0.2, 0.25) is 5.91 Å². The molecular weight excluding hydrogens is 216 g/mol. The van der Waals surface area contributed by atoms with Crippen molar-refractivity contribution in [2.75, 3.05) is 10.6 Å². The van der Waals surface area contributed by atoms with E-state index in [1.807, 2.05) is 36.4 Å². The Hall–Kier alpha value is -2.23. The average molecular weight is 230 g/mol. The lowest BCUT2D eigenvalue weighted by Gasteiger charge is -2.06. The summed E-state index contributed by atoms with van der Waals surface area (Å²) in [6.07, 6.45) is 1.65. The van der Waals surface area contributed by atoms with Crippen molar-refractivity contribution in [3.8, 4) is 0 Å². The van der Waals surface area contributed by atoms with E-state index in [-0.39, 0.29) is 5.91 Å². The zero-order valence-electron chi connectivity index (χ0n) is 9.57. The van der Waals surface area contributed by atoms with Crippen LogP contribution in [0.15, 0.2) is 47.1 Å². The first-order chi connectivity index (χ1) is 8.24. The molecule has 2 N–H and O–H groups in total. The second kappa shape index (κ2) is 5.21. The average Bonchev–Trinajstić information content (AvgIpc) is 2.80. The van der Waals surface area contributed by atoms with E-state index in [1.165, 1.54) is 6.92 Å². The Kier molecular flexibility index (Phi) is 3.45. The summed E-state index contributed by atoms with van der Waals surface area (Å²) in [7, 11) is 0. The van der Waals surface area contributed by atoms with Crippen molar-refractivity contribution in [2.45, 2.75) is 13.5 Å². The van der Waals surface area contributed by atoms with Gasteiger partial charge >= 0.3 is 0 Å². The number of rotatable bonds is 4. The second-order valence-corrected chi connectivity index (χ2v) is 3.69. The summed E-state index contributed by atoms with van der Waals surface area (Å²) in [4.78, 5) is 10.8. The number of hydrogen-bond acceptors (Lipinski definition) is 3. The van der Waals surface area contributed by atoms with Gasteiger partial charge in [-0.25, -0.2) is 0 Å². The summed E-state index contributed by atoms with van der Waals surface area (Å²) in [5.41, 5.74) is 1.77. The van der Waals surface area contributed by atoms with E-state index in [9.17, 15) is 4.79 Å². The minimum Gasteiger partial charge on any atom is -0.467 e. The van der Waals surface area contributed by atoms with Crippen LogP contribution in [-0.4, -0.2) is 5.91 Å². The van der Waals surface area contributed by atoms with Crippen LogP contribution in [0.1, 0.15) is 12.7 Å². The normalized spacial score (nSPS) is 9.94. The number of carbonyl (C=O) groups is 1. The van der Waals surface area contributed by atoms with E-state index in [0.29, 0.717) is 6.54 Å². The van der Waals surface area contributed by atoms with Gasteiger partial charge in [-0.15, -0.1) is 0 Å². The molecule has 0 saturated carbocycles. The molecule has 1 aromatic carbocycles. The summed E-state index contributed by atoms with van der Waals surface area (Å²) >= 11 is 0. The fourth-order valence-corrected chi connectivity index (χ4v) is 1.48. The molecule has 0 spiro atoms. The lowest BCUT2D eigenvalue weighted by Crippen LogP contribution is -2.05. The van der Waals surface area contributed by atoms with Crippen LogP contribution in [0.2, 0.25) is 0 Å². The van der Waals surface area contributed by atoms with Gasteiger partial charge in [-0.2, -0.15) is 0 Å². The summed E-state index contributed by atoms with van der Waals surface area (Å²) in [6, 6.07) is 11.3. The maximum absolute atomic E-state index is 10.8. The number of carbonyl (C=O) groups excluding carboxylic acids is 1. The molecule has 2 rings (SSSR count). The number of benzene rings is 1. The van der Waals surface area contributed by atoms with Crippen molar-refractivity contribution in [1.82, 2.24) is 0 Å². The Labute approximate surface area is 99.6 Å². The SMILES string of the molecule is CC(=O)Nc1ccc(NCc2ccco2)cc1. The quantitative estimate of drug-likeness (QED) is 0.849. The number of furan rings is 1. The highest BCUT2D eigenvalue weighted by atomic mass is 16.3. The van der Waals surface area contributed by atoms with E-state index in [4.69, 9.17) is 4.42 Å². The van der Waals surface area contributed by atoms with Gasteiger partial charge in [0, 0.05) is 18.3 Å². The molecule has 4 nitrogen and oxygen atoms in total. The summed E-state index contributed by atoms with van der Waals surface area (Å²) < 4.78 is 5.21. The number of hydrogen-bond donors (Lipinski definition) is 2. The zero-order valence-corrected chi connectivity index (χ0v) is 9.57. The minimum absolute atomic E-state index is 0.0682. The molecule has 4 heteroatoms. The molecule has 1 amide bonds. The molecule has 2 aromatic rings. The van der Waals surface area contributed by atoms with E-state index in [1.54, 1.807) is 6.26 Å². The molecule has 1 heterocycles. The topological polar surface area (TPSA) is 54.3 Å². The predicted octanol–water partition coefficient (Wildman–Crippen LogP) is 2.85.